The van der Waals surface area contributed by atoms with Crippen molar-refractivity contribution in [2.45, 2.75) is 84.5 Å². The van der Waals surface area contributed by atoms with E-state index in [1.807, 2.05) is 0 Å². The molecule has 0 aliphatic heterocycles. The average molecular weight is 294 g/mol. The van der Waals surface area contributed by atoms with Crippen LogP contribution in [0.15, 0.2) is 0 Å². The SMILES string of the molecule is CCCC1CCC(C2CCC(CCOC(C)=O)CC2)CC1. The molecule has 2 heteroatoms. The molecule has 0 unspecified atom stereocenters. The number of ether oxygens (including phenoxy) is 1. The van der Waals surface area contributed by atoms with E-state index in [2.05, 4.69) is 6.92 Å². The van der Waals surface area contributed by atoms with Crippen LogP contribution in [0.1, 0.15) is 84.5 Å². The van der Waals surface area contributed by atoms with Gasteiger partial charge in [0.1, 0.15) is 0 Å². The molecular formula is C19H34O2. The van der Waals surface area contributed by atoms with Crippen molar-refractivity contribution in [1.29, 1.82) is 0 Å². The number of esters is 1. The summed E-state index contributed by atoms with van der Waals surface area (Å²) >= 11 is 0. The lowest BCUT2D eigenvalue weighted by Gasteiger charge is -2.38. The third-order valence-corrected chi connectivity index (χ3v) is 5.98. The molecule has 0 atom stereocenters. The Bertz CT molecular complexity index is 297. The Morgan fingerprint density at radius 1 is 0.857 bits per heavy atom. The Labute approximate surface area is 131 Å². The van der Waals surface area contributed by atoms with Gasteiger partial charge in [-0.05, 0) is 55.8 Å². The summed E-state index contributed by atoms with van der Waals surface area (Å²) in [6.45, 7) is 4.46. The highest BCUT2D eigenvalue weighted by Gasteiger charge is 2.30. The van der Waals surface area contributed by atoms with Crippen LogP contribution < -0.4 is 0 Å². The van der Waals surface area contributed by atoms with Gasteiger partial charge in [0.05, 0.1) is 6.61 Å². The molecule has 2 saturated carbocycles. The van der Waals surface area contributed by atoms with Gasteiger partial charge in [0.25, 0.3) is 0 Å². The van der Waals surface area contributed by atoms with Crippen molar-refractivity contribution in [3.63, 3.8) is 0 Å². The first-order chi connectivity index (χ1) is 10.2. The van der Waals surface area contributed by atoms with E-state index in [9.17, 15) is 4.79 Å². The zero-order valence-corrected chi connectivity index (χ0v) is 14.1. The summed E-state index contributed by atoms with van der Waals surface area (Å²) in [5, 5.41) is 0. The van der Waals surface area contributed by atoms with E-state index in [0.717, 1.165) is 30.1 Å². The molecule has 0 saturated heterocycles. The minimum atomic E-state index is -0.132. The maximum absolute atomic E-state index is 10.8. The molecule has 2 aliphatic rings. The molecule has 0 spiro atoms. The molecule has 2 fully saturated rings. The molecule has 0 aromatic carbocycles. The monoisotopic (exact) mass is 294 g/mol. The molecule has 0 bridgehead atoms. The summed E-state index contributed by atoms with van der Waals surface area (Å²) in [4.78, 5) is 10.8. The Kier molecular flexibility index (Phi) is 7.06. The van der Waals surface area contributed by atoms with Crippen molar-refractivity contribution in [3.8, 4) is 0 Å². The van der Waals surface area contributed by atoms with Gasteiger partial charge in [-0.3, -0.25) is 4.79 Å². The normalized spacial score (nSPS) is 33.6. The first-order valence-corrected chi connectivity index (χ1v) is 9.32. The van der Waals surface area contributed by atoms with Gasteiger partial charge >= 0.3 is 5.97 Å². The van der Waals surface area contributed by atoms with Crippen LogP contribution in [0.4, 0.5) is 0 Å². The number of carbonyl (C=O) groups excluding carboxylic acids is 1. The smallest absolute Gasteiger partial charge is 0.302 e. The maximum atomic E-state index is 10.8. The van der Waals surface area contributed by atoms with Crippen molar-refractivity contribution in [3.05, 3.63) is 0 Å². The fourth-order valence-electron chi connectivity index (χ4n) is 4.67. The van der Waals surface area contributed by atoms with Crippen LogP contribution in [-0.2, 0) is 9.53 Å². The lowest BCUT2D eigenvalue weighted by atomic mass is 9.68. The van der Waals surface area contributed by atoms with E-state index in [0.29, 0.717) is 6.61 Å². The molecule has 2 aliphatic carbocycles. The highest BCUT2D eigenvalue weighted by molar-refractivity contribution is 5.65. The van der Waals surface area contributed by atoms with Gasteiger partial charge in [0.2, 0.25) is 0 Å². The molecule has 0 aromatic rings. The first-order valence-electron chi connectivity index (χ1n) is 9.32. The quantitative estimate of drug-likeness (QED) is 0.617. The number of carbonyl (C=O) groups is 1. The summed E-state index contributed by atoms with van der Waals surface area (Å²) in [5.41, 5.74) is 0. The average Bonchev–Trinajstić information content (AvgIpc) is 2.49. The van der Waals surface area contributed by atoms with Crippen LogP contribution in [0.2, 0.25) is 0 Å². The van der Waals surface area contributed by atoms with Gasteiger partial charge in [-0.2, -0.15) is 0 Å². The Balaban J connectivity index is 1.62. The van der Waals surface area contributed by atoms with Crippen molar-refractivity contribution in [1.82, 2.24) is 0 Å². The number of hydrogen-bond donors (Lipinski definition) is 0. The Hall–Kier alpha value is -0.530. The molecule has 0 N–H and O–H groups in total. The highest BCUT2D eigenvalue weighted by atomic mass is 16.5. The largest absolute Gasteiger partial charge is 0.466 e. The lowest BCUT2D eigenvalue weighted by Crippen LogP contribution is -2.26. The van der Waals surface area contributed by atoms with Gasteiger partial charge in [-0.15, -0.1) is 0 Å². The summed E-state index contributed by atoms with van der Waals surface area (Å²) < 4.78 is 5.08. The molecule has 0 heterocycles. The Morgan fingerprint density at radius 3 is 1.76 bits per heavy atom. The van der Waals surface area contributed by atoms with Gasteiger partial charge in [0, 0.05) is 6.92 Å². The second-order valence-corrected chi connectivity index (χ2v) is 7.48. The van der Waals surface area contributed by atoms with Crippen molar-refractivity contribution in [2.24, 2.45) is 23.7 Å². The van der Waals surface area contributed by atoms with Crippen LogP contribution in [0, 0.1) is 23.7 Å². The minimum absolute atomic E-state index is 0.132. The number of rotatable bonds is 6. The third-order valence-electron chi connectivity index (χ3n) is 5.98. The maximum Gasteiger partial charge on any atom is 0.302 e. The predicted octanol–water partition coefficient (Wildman–Crippen LogP) is 5.35. The van der Waals surface area contributed by atoms with E-state index in [1.54, 1.807) is 0 Å². The van der Waals surface area contributed by atoms with Gasteiger partial charge in [-0.1, -0.05) is 45.4 Å². The van der Waals surface area contributed by atoms with E-state index >= 15 is 0 Å². The van der Waals surface area contributed by atoms with Gasteiger partial charge in [-0.25, -0.2) is 0 Å². The molecule has 0 aromatic heterocycles. The standard InChI is InChI=1S/C19H34O2/c1-3-4-16-5-9-18(10-6-16)19-11-7-17(8-12-19)13-14-21-15(2)20/h16-19H,3-14H2,1-2H3. The van der Waals surface area contributed by atoms with E-state index < -0.39 is 0 Å². The van der Waals surface area contributed by atoms with Crippen LogP contribution >= 0.6 is 0 Å². The molecule has 122 valence electrons. The summed E-state index contributed by atoms with van der Waals surface area (Å²) in [6.07, 6.45) is 15.4. The molecular weight excluding hydrogens is 260 g/mol. The Morgan fingerprint density at radius 2 is 1.33 bits per heavy atom. The summed E-state index contributed by atoms with van der Waals surface area (Å²) in [5.74, 6) is 3.72. The van der Waals surface area contributed by atoms with E-state index in [1.165, 1.54) is 71.1 Å². The zero-order valence-electron chi connectivity index (χ0n) is 14.1. The lowest BCUT2D eigenvalue weighted by molar-refractivity contribution is -0.141. The third kappa shape index (κ3) is 5.64. The fraction of sp³-hybridized carbons (Fsp3) is 0.947. The fourth-order valence-corrected chi connectivity index (χ4v) is 4.67. The van der Waals surface area contributed by atoms with Crippen LogP contribution in [0.3, 0.4) is 0 Å². The molecule has 0 radical (unpaired) electrons. The molecule has 0 amide bonds. The van der Waals surface area contributed by atoms with Gasteiger partial charge in [0.15, 0.2) is 0 Å². The van der Waals surface area contributed by atoms with Crippen molar-refractivity contribution >= 4 is 5.97 Å². The molecule has 2 nitrogen and oxygen atoms in total. The second kappa shape index (κ2) is 8.80. The van der Waals surface area contributed by atoms with Crippen LogP contribution in [0.25, 0.3) is 0 Å². The highest BCUT2D eigenvalue weighted by Crippen LogP contribution is 2.42. The van der Waals surface area contributed by atoms with E-state index in [4.69, 9.17) is 4.74 Å². The molecule has 2 rings (SSSR count). The first kappa shape index (κ1) is 16.8. The van der Waals surface area contributed by atoms with Crippen LogP contribution in [-0.4, -0.2) is 12.6 Å². The zero-order chi connectivity index (χ0) is 15.1. The van der Waals surface area contributed by atoms with E-state index in [-0.39, 0.29) is 5.97 Å². The van der Waals surface area contributed by atoms with Gasteiger partial charge < -0.3 is 4.74 Å². The second-order valence-electron chi connectivity index (χ2n) is 7.48. The van der Waals surface area contributed by atoms with Crippen molar-refractivity contribution in [2.75, 3.05) is 6.61 Å². The summed E-state index contributed by atoms with van der Waals surface area (Å²) in [7, 11) is 0. The van der Waals surface area contributed by atoms with Crippen LogP contribution in [0.5, 0.6) is 0 Å². The topological polar surface area (TPSA) is 26.3 Å². The molecule has 21 heavy (non-hydrogen) atoms. The summed E-state index contributed by atoms with van der Waals surface area (Å²) in [6, 6.07) is 0. The van der Waals surface area contributed by atoms with Crippen molar-refractivity contribution < 1.29 is 9.53 Å². The predicted molar refractivity (Wildman–Crippen MR) is 87.1 cm³/mol. The number of hydrogen-bond acceptors (Lipinski definition) is 2. The minimum Gasteiger partial charge on any atom is -0.466 e.